The zero-order valence-electron chi connectivity index (χ0n) is 31.9. The number of nitrogen functional groups attached to an aromatic ring is 2. The van der Waals surface area contributed by atoms with E-state index in [0.717, 1.165) is 50.8 Å². The van der Waals surface area contributed by atoms with E-state index in [4.69, 9.17) is 11.5 Å². The van der Waals surface area contributed by atoms with Crippen molar-refractivity contribution >= 4 is 32.9 Å². The second-order valence-electron chi connectivity index (χ2n) is 16.1. The molecule has 2 nitrogen and oxygen atoms in total. The van der Waals surface area contributed by atoms with Crippen molar-refractivity contribution in [1.29, 1.82) is 0 Å². The van der Waals surface area contributed by atoms with Crippen LogP contribution in [0.3, 0.4) is 0 Å². The number of hydrogen-bond donors (Lipinski definition) is 2. The minimum absolute atomic E-state index is 0.146. The SMILES string of the molecule is CCCCCC(C)(C)c1ccc(-c2cc(Cc3cc(-c4ccc(C(C)(C)CCCCC)cc4)c(N)c4ccccc34)c3ccccc3c2N)cc1. The van der Waals surface area contributed by atoms with E-state index in [-0.39, 0.29) is 10.8 Å². The van der Waals surface area contributed by atoms with E-state index in [1.165, 1.54) is 84.4 Å². The molecule has 0 fully saturated rings. The van der Waals surface area contributed by atoms with Gasteiger partial charge in [-0.1, -0.05) is 177 Å². The van der Waals surface area contributed by atoms with Gasteiger partial charge in [0, 0.05) is 33.3 Å². The Balaban J connectivity index is 1.40. The molecule has 6 rings (SSSR count). The van der Waals surface area contributed by atoms with Crippen LogP contribution in [-0.2, 0) is 17.3 Å². The van der Waals surface area contributed by atoms with Crippen LogP contribution in [0, 0.1) is 0 Å². The van der Waals surface area contributed by atoms with Gasteiger partial charge in [-0.15, -0.1) is 0 Å². The molecule has 0 unspecified atom stereocenters. The molecule has 0 amide bonds. The summed E-state index contributed by atoms with van der Waals surface area (Å²) in [6, 6.07) is 40.2. The van der Waals surface area contributed by atoms with Crippen molar-refractivity contribution in [3.05, 3.63) is 131 Å². The van der Waals surface area contributed by atoms with Crippen LogP contribution < -0.4 is 11.5 Å². The molecule has 6 aromatic rings. The molecule has 0 bridgehead atoms. The zero-order valence-corrected chi connectivity index (χ0v) is 31.9. The summed E-state index contributed by atoms with van der Waals surface area (Å²) >= 11 is 0. The third-order valence-electron chi connectivity index (χ3n) is 11.5. The van der Waals surface area contributed by atoms with Crippen molar-refractivity contribution in [3.63, 3.8) is 0 Å². The van der Waals surface area contributed by atoms with Gasteiger partial charge in [-0.2, -0.15) is 0 Å². The maximum atomic E-state index is 6.99. The van der Waals surface area contributed by atoms with E-state index in [0.29, 0.717) is 0 Å². The number of unbranched alkanes of at least 4 members (excludes halogenated alkanes) is 4. The summed E-state index contributed by atoms with van der Waals surface area (Å²) in [7, 11) is 0. The minimum atomic E-state index is 0.146. The van der Waals surface area contributed by atoms with Crippen LogP contribution in [-0.4, -0.2) is 0 Å². The van der Waals surface area contributed by atoms with Crippen LogP contribution in [0.5, 0.6) is 0 Å². The van der Waals surface area contributed by atoms with Crippen LogP contribution in [0.1, 0.15) is 115 Å². The normalized spacial score (nSPS) is 12.2. The quantitative estimate of drug-likeness (QED) is 0.0892. The van der Waals surface area contributed by atoms with Gasteiger partial charge in [0.15, 0.2) is 0 Å². The van der Waals surface area contributed by atoms with Gasteiger partial charge in [0.2, 0.25) is 0 Å². The number of fused-ring (bicyclic) bond motifs is 2. The summed E-state index contributed by atoms with van der Waals surface area (Å²) in [6.07, 6.45) is 10.7. The van der Waals surface area contributed by atoms with Gasteiger partial charge in [0.1, 0.15) is 0 Å². The smallest absolute Gasteiger partial charge is 0.0473 e. The maximum Gasteiger partial charge on any atom is 0.0473 e. The summed E-state index contributed by atoms with van der Waals surface area (Å²) in [5, 5.41) is 4.60. The van der Waals surface area contributed by atoms with Crippen molar-refractivity contribution in [3.8, 4) is 22.3 Å². The van der Waals surface area contributed by atoms with Crippen LogP contribution in [0.25, 0.3) is 43.8 Å². The van der Waals surface area contributed by atoms with Crippen molar-refractivity contribution < 1.29 is 0 Å². The Morgan fingerprint density at radius 2 is 0.804 bits per heavy atom. The second-order valence-corrected chi connectivity index (χ2v) is 16.1. The minimum Gasteiger partial charge on any atom is -0.398 e. The lowest BCUT2D eigenvalue weighted by atomic mass is 9.79. The summed E-state index contributed by atoms with van der Waals surface area (Å²) in [4.78, 5) is 0. The van der Waals surface area contributed by atoms with E-state index in [1.807, 2.05) is 0 Å². The van der Waals surface area contributed by atoms with Crippen LogP contribution in [0.15, 0.2) is 109 Å². The van der Waals surface area contributed by atoms with E-state index >= 15 is 0 Å². The number of benzene rings is 6. The number of rotatable bonds is 14. The lowest BCUT2D eigenvalue weighted by molar-refractivity contribution is 0.450. The Kier molecular flexibility index (Phi) is 10.9. The monoisotopic (exact) mass is 674 g/mol. The summed E-state index contributed by atoms with van der Waals surface area (Å²) in [5.41, 5.74) is 25.8. The Bertz CT molecular complexity index is 1950. The number of anilines is 2. The molecular weight excluding hydrogens is 617 g/mol. The Morgan fingerprint density at radius 1 is 0.451 bits per heavy atom. The largest absolute Gasteiger partial charge is 0.398 e. The van der Waals surface area contributed by atoms with E-state index in [9.17, 15) is 0 Å². The average Bonchev–Trinajstić information content (AvgIpc) is 3.14. The van der Waals surface area contributed by atoms with Crippen LogP contribution >= 0.6 is 0 Å². The predicted octanol–water partition coefficient (Wildman–Crippen LogP) is 13.8. The highest BCUT2D eigenvalue weighted by molar-refractivity contribution is 6.05. The molecule has 4 N–H and O–H groups in total. The highest BCUT2D eigenvalue weighted by Gasteiger charge is 2.22. The molecule has 0 aromatic heterocycles. The first-order valence-electron chi connectivity index (χ1n) is 19.4. The van der Waals surface area contributed by atoms with Gasteiger partial charge < -0.3 is 11.5 Å². The molecular formula is C49H58N2. The molecule has 0 aliphatic heterocycles. The van der Waals surface area contributed by atoms with Crippen LogP contribution in [0.4, 0.5) is 11.4 Å². The van der Waals surface area contributed by atoms with E-state index < -0.39 is 0 Å². The van der Waals surface area contributed by atoms with Gasteiger partial charge >= 0.3 is 0 Å². The molecule has 264 valence electrons. The fourth-order valence-electron chi connectivity index (χ4n) is 8.05. The summed E-state index contributed by atoms with van der Waals surface area (Å²) < 4.78 is 0. The van der Waals surface area contributed by atoms with Gasteiger partial charge in [-0.05, 0) is 86.4 Å². The Labute approximate surface area is 307 Å². The first-order chi connectivity index (χ1) is 24.5. The summed E-state index contributed by atoms with van der Waals surface area (Å²) in [6.45, 7) is 14.0. The van der Waals surface area contributed by atoms with Gasteiger partial charge in [-0.3, -0.25) is 0 Å². The Hall–Kier alpha value is -4.56. The topological polar surface area (TPSA) is 52.0 Å². The first kappa shape index (κ1) is 36.2. The van der Waals surface area contributed by atoms with Crippen molar-refractivity contribution in [2.75, 3.05) is 11.5 Å². The molecule has 0 spiro atoms. The van der Waals surface area contributed by atoms with Gasteiger partial charge in [-0.25, -0.2) is 0 Å². The maximum absolute atomic E-state index is 6.99. The molecule has 0 aliphatic carbocycles. The number of nitrogens with two attached hydrogens (primary N) is 2. The van der Waals surface area contributed by atoms with Gasteiger partial charge in [0.25, 0.3) is 0 Å². The lowest BCUT2D eigenvalue weighted by Gasteiger charge is -2.26. The first-order valence-corrected chi connectivity index (χ1v) is 19.4. The molecule has 2 heteroatoms. The van der Waals surface area contributed by atoms with Crippen molar-refractivity contribution in [2.45, 2.75) is 110 Å². The third-order valence-corrected chi connectivity index (χ3v) is 11.5. The zero-order chi connectivity index (χ0) is 36.2. The average molecular weight is 675 g/mol. The molecule has 0 saturated carbocycles. The third kappa shape index (κ3) is 7.71. The summed E-state index contributed by atoms with van der Waals surface area (Å²) in [5.74, 6) is 0. The fourth-order valence-corrected chi connectivity index (χ4v) is 8.05. The molecule has 51 heavy (non-hydrogen) atoms. The van der Waals surface area contributed by atoms with Crippen molar-refractivity contribution in [2.24, 2.45) is 0 Å². The Morgan fingerprint density at radius 3 is 1.16 bits per heavy atom. The highest BCUT2D eigenvalue weighted by atomic mass is 14.6. The second kappa shape index (κ2) is 15.4. The van der Waals surface area contributed by atoms with Gasteiger partial charge in [0.05, 0.1) is 0 Å². The number of hydrogen-bond acceptors (Lipinski definition) is 2. The molecule has 0 aliphatic rings. The van der Waals surface area contributed by atoms with E-state index in [1.54, 1.807) is 0 Å². The van der Waals surface area contributed by atoms with Crippen LogP contribution in [0.2, 0.25) is 0 Å². The molecule has 0 atom stereocenters. The van der Waals surface area contributed by atoms with E-state index in [2.05, 4.69) is 151 Å². The lowest BCUT2D eigenvalue weighted by Crippen LogP contribution is -2.16. The van der Waals surface area contributed by atoms with Crippen molar-refractivity contribution in [1.82, 2.24) is 0 Å². The molecule has 0 radical (unpaired) electrons. The fraction of sp³-hybridized carbons (Fsp3) is 0.347. The molecule has 0 saturated heterocycles. The molecule has 6 aromatic carbocycles. The predicted molar refractivity (Wildman–Crippen MR) is 225 cm³/mol. The standard InChI is InChI=1S/C49H58N2/c1-7-9-15-29-48(3,4)38-25-21-34(22-26-38)44-32-36(40-17-11-13-19-42(40)46(44)50)31-37-33-45(47(51)43-20-14-12-18-41(37)43)35-23-27-39(28-24-35)49(5,6)30-16-10-8-2/h11-14,17-28,32-33H,7-10,15-16,29-31,50-51H2,1-6H3. The highest BCUT2D eigenvalue weighted by Crippen LogP contribution is 2.41. The molecule has 0 heterocycles.